The predicted octanol–water partition coefficient (Wildman–Crippen LogP) is 2.74. The van der Waals surface area contributed by atoms with Gasteiger partial charge in [0.25, 0.3) is 5.91 Å². The highest BCUT2D eigenvalue weighted by Crippen LogP contribution is 2.37. The Balaban J connectivity index is 1.68. The molecule has 6 heteroatoms. The highest BCUT2D eigenvalue weighted by atomic mass is 32.1. The van der Waals surface area contributed by atoms with E-state index in [1.165, 1.54) is 9.88 Å². The summed E-state index contributed by atoms with van der Waals surface area (Å²) in [6, 6.07) is 0. The van der Waals surface area contributed by atoms with E-state index in [0.717, 1.165) is 31.6 Å². The molecule has 22 heavy (non-hydrogen) atoms. The third kappa shape index (κ3) is 2.88. The van der Waals surface area contributed by atoms with Gasteiger partial charge in [0.05, 0.1) is 16.9 Å². The Morgan fingerprint density at radius 2 is 1.86 bits per heavy atom. The number of carbonyl (C=O) groups excluding carboxylic acids is 1. The normalized spacial score (nSPS) is 17.5. The van der Waals surface area contributed by atoms with E-state index in [2.05, 4.69) is 28.8 Å². The molecule has 1 amide bonds. The summed E-state index contributed by atoms with van der Waals surface area (Å²) in [4.78, 5) is 28.5. The largest absolute Gasteiger partial charge is 0.337 e. The van der Waals surface area contributed by atoms with E-state index in [1.54, 1.807) is 23.7 Å². The van der Waals surface area contributed by atoms with Crippen LogP contribution in [-0.4, -0.2) is 38.8 Å². The SMILES string of the molecule is Cc1cnc(C(=O)N2CCC(C)(c3ncc(C)s3)CC2)cn1. The number of piperidine rings is 1. The average molecular weight is 316 g/mol. The fourth-order valence-electron chi connectivity index (χ4n) is 2.72. The van der Waals surface area contributed by atoms with Crippen molar-refractivity contribution in [3.8, 4) is 0 Å². The quantitative estimate of drug-likeness (QED) is 0.855. The summed E-state index contributed by atoms with van der Waals surface area (Å²) in [6.45, 7) is 7.68. The van der Waals surface area contributed by atoms with Crippen molar-refractivity contribution in [2.75, 3.05) is 13.1 Å². The van der Waals surface area contributed by atoms with Gasteiger partial charge in [-0.25, -0.2) is 9.97 Å². The molecule has 0 atom stereocenters. The number of aryl methyl sites for hydroxylation is 2. The molecule has 3 rings (SSSR count). The van der Waals surface area contributed by atoms with Crippen LogP contribution in [0.1, 0.15) is 45.8 Å². The van der Waals surface area contributed by atoms with Crippen molar-refractivity contribution in [1.29, 1.82) is 0 Å². The van der Waals surface area contributed by atoms with Crippen LogP contribution >= 0.6 is 11.3 Å². The van der Waals surface area contributed by atoms with E-state index in [1.807, 2.05) is 18.0 Å². The molecule has 0 spiro atoms. The molecule has 0 aliphatic carbocycles. The summed E-state index contributed by atoms with van der Waals surface area (Å²) in [5, 5.41) is 1.19. The van der Waals surface area contributed by atoms with Crippen LogP contribution in [0.5, 0.6) is 0 Å². The first-order chi connectivity index (χ1) is 10.5. The lowest BCUT2D eigenvalue weighted by molar-refractivity contribution is 0.0669. The van der Waals surface area contributed by atoms with Crippen LogP contribution in [0.25, 0.3) is 0 Å². The number of rotatable bonds is 2. The van der Waals surface area contributed by atoms with Gasteiger partial charge in [-0.15, -0.1) is 11.3 Å². The lowest BCUT2D eigenvalue weighted by Crippen LogP contribution is -2.44. The monoisotopic (exact) mass is 316 g/mol. The maximum Gasteiger partial charge on any atom is 0.274 e. The Hall–Kier alpha value is -1.82. The van der Waals surface area contributed by atoms with Gasteiger partial charge < -0.3 is 4.90 Å². The van der Waals surface area contributed by atoms with E-state index >= 15 is 0 Å². The van der Waals surface area contributed by atoms with Crippen molar-refractivity contribution in [2.45, 2.75) is 39.0 Å². The molecule has 1 saturated heterocycles. The fraction of sp³-hybridized carbons (Fsp3) is 0.500. The molecule has 0 N–H and O–H groups in total. The lowest BCUT2D eigenvalue weighted by Gasteiger charge is -2.38. The average Bonchev–Trinajstić information content (AvgIpc) is 2.96. The molecule has 0 bridgehead atoms. The summed E-state index contributed by atoms with van der Waals surface area (Å²) in [7, 11) is 0. The zero-order valence-corrected chi connectivity index (χ0v) is 14.0. The predicted molar refractivity (Wildman–Crippen MR) is 86.1 cm³/mol. The molecule has 0 aromatic carbocycles. The molecular weight excluding hydrogens is 296 g/mol. The minimum absolute atomic E-state index is 0.0233. The van der Waals surface area contributed by atoms with Gasteiger partial charge in [0.2, 0.25) is 0 Å². The van der Waals surface area contributed by atoms with Gasteiger partial charge in [-0.05, 0) is 26.7 Å². The number of nitrogens with zero attached hydrogens (tertiary/aromatic N) is 4. The van der Waals surface area contributed by atoms with E-state index in [0.29, 0.717) is 5.69 Å². The van der Waals surface area contributed by atoms with Gasteiger partial charge in [-0.3, -0.25) is 9.78 Å². The standard InChI is InChI=1S/C16H20N4OS/c1-11-8-18-13(10-17-11)14(21)20-6-4-16(3,5-7-20)15-19-9-12(2)22-15/h8-10H,4-7H2,1-3H3. The number of hydrogen-bond acceptors (Lipinski definition) is 5. The zero-order valence-electron chi connectivity index (χ0n) is 13.2. The van der Waals surface area contributed by atoms with Crippen LogP contribution in [0.3, 0.4) is 0 Å². The maximum absolute atomic E-state index is 12.5. The van der Waals surface area contributed by atoms with Crippen LogP contribution in [0.2, 0.25) is 0 Å². The molecule has 5 nitrogen and oxygen atoms in total. The summed E-state index contributed by atoms with van der Waals surface area (Å²) in [5.74, 6) is -0.0233. The van der Waals surface area contributed by atoms with Crippen molar-refractivity contribution in [1.82, 2.24) is 19.9 Å². The molecule has 0 unspecified atom stereocenters. The Morgan fingerprint density at radius 1 is 1.14 bits per heavy atom. The minimum Gasteiger partial charge on any atom is -0.337 e. The van der Waals surface area contributed by atoms with Crippen molar-refractivity contribution in [3.05, 3.63) is 39.9 Å². The van der Waals surface area contributed by atoms with Crippen LogP contribution in [0, 0.1) is 13.8 Å². The number of thiazole rings is 1. The number of amides is 1. The maximum atomic E-state index is 12.5. The lowest BCUT2D eigenvalue weighted by atomic mass is 9.81. The Kier molecular flexibility index (Phi) is 3.95. The van der Waals surface area contributed by atoms with Crippen molar-refractivity contribution in [3.63, 3.8) is 0 Å². The molecule has 116 valence electrons. The first-order valence-electron chi connectivity index (χ1n) is 7.49. The Bertz CT molecular complexity index is 672. The van der Waals surface area contributed by atoms with Gasteiger partial charge in [0.15, 0.2) is 0 Å². The highest BCUT2D eigenvalue weighted by molar-refractivity contribution is 7.11. The summed E-state index contributed by atoms with van der Waals surface area (Å²) < 4.78 is 0. The second-order valence-electron chi connectivity index (χ2n) is 6.17. The highest BCUT2D eigenvalue weighted by Gasteiger charge is 2.36. The molecule has 1 aliphatic rings. The molecule has 2 aromatic rings. The van der Waals surface area contributed by atoms with Crippen LogP contribution < -0.4 is 0 Å². The van der Waals surface area contributed by atoms with Gasteiger partial charge in [0, 0.05) is 35.8 Å². The number of carbonyl (C=O) groups is 1. The van der Waals surface area contributed by atoms with Crippen LogP contribution in [-0.2, 0) is 5.41 Å². The molecule has 0 saturated carbocycles. The second kappa shape index (κ2) is 5.76. The summed E-state index contributed by atoms with van der Waals surface area (Å²) in [5.41, 5.74) is 1.33. The smallest absolute Gasteiger partial charge is 0.274 e. The van der Waals surface area contributed by atoms with Gasteiger partial charge in [-0.1, -0.05) is 6.92 Å². The second-order valence-corrected chi connectivity index (χ2v) is 7.41. The molecule has 2 aromatic heterocycles. The first-order valence-corrected chi connectivity index (χ1v) is 8.30. The van der Waals surface area contributed by atoms with E-state index in [-0.39, 0.29) is 11.3 Å². The Labute approximate surface area is 134 Å². The van der Waals surface area contributed by atoms with E-state index in [4.69, 9.17) is 0 Å². The topological polar surface area (TPSA) is 59.0 Å². The van der Waals surface area contributed by atoms with Crippen molar-refractivity contribution < 1.29 is 4.79 Å². The Morgan fingerprint density at radius 3 is 2.41 bits per heavy atom. The first kappa shape index (κ1) is 15.1. The summed E-state index contributed by atoms with van der Waals surface area (Å²) in [6.07, 6.45) is 7.01. The number of hydrogen-bond donors (Lipinski definition) is 0. The molecular formula is C16H20N4OS. The third-order valence-electron chi connectivity index (χ3n) is 4.29. The molecule has 0 radical (unpaired) electrons. The fourth-order valence-corrected chi connectivity index (χ4v) is 3.68. The van der Waals surface area contributed by atoms with E-state index < -0.39 is 0 Å². The number of aromatic nitrogens is 3. The molecule has 3 heterocycles. The van der Waals surface area contributed by atoms with E-state index in [9.17, 15) is 4.79 Å². The molecule has 1 aliphatic heterocycles. The zero-order chi connectivity index (χ0) is 15.7. The minimum atomic E-state index is -0.0233. The number of likely N-dealkylation sites (tertiary alicyclic amines) is 1. The van der Waals surface area contributed by atoms with Crippen molar-refractivity contribution in [2.24, 2.45) is 0 Å². The molecule has 1 fully saturated rings. The third-order valence-corrected chi connectivity index (χ3v) is 5.51. The van der Waals surface area contributed by atoms with Gasteiger partial charge in [-0.2, -0.15) is 0 Å². The van der Waals surface area contributed by atoms with Gasteiger partial charge >= 0.3 is 0 Å². The summed E-state index contributed by atoms with van der Waals surface area (Å²) >= 11 is 1.76. The van der Waals surface area contributed by atoms with Crippen molar-refractivity contribution >= 4 is 17.2 Å². The van der Waals surface area contributed by atoms with Crippen LogP contribution in [0.15, 0.2) is 18.6 Å². The van der Waals surface area contributed by atoms with Crippen LogP contribution in [0.4, 0.5) is 0 Å². The van der Waals surface area contributed by atoms with Gasteiger partial charge in [0.1, 0.15) is 5.69 Å².